The molecular weight excluding hydrogens is 370 g/mol. The van der Waals surface area contributed by atoms with E-state index in [0.717, 1.165) is 32.0 Å². The Balaban J connectivity index is 1.77. The lowest BCUT2D eigenvalue weighted by molar-refractivity contribution is 0.205. The number of benzene rings is 2. The van der Waals surface area contributed by atoms with Crippen LogP contribution in [0.2, 0.25) is 0 Å². The Labute approximate surface area is 170 Å². The molecule has 0 atom stereocenters. The number of rotatable bonds is 6. The monoisotopic (exact) mass is 398 g/mol. The molecule has 0 spiro atoms. The summed E-state index contributed by atoms with van der Waals surface area (Å²) < 4.78 is 29.8. The highest BCUT2D eigenvalue weighted by molar-refractivity contribution is 6.01. The van der Waals surface area contributed by atoms with Crippen LogP contribution in [0, 0.1) is 22.5 Å². The first kappa shape index (κ1) is 21.1. The maximum atomic E-state index is 15.1. The van der Waals surface area contributed by atoms with Crippen molar-refractivity contribution in [3.63, 3.8) is 0 Å². The zero-order chi connectivity index (χ0) is 21.0. The molecule has 1 aliphatic carbocycles. The summed E-state index contributed by atoms with van der Waals surface area (Å²) in [6, 6.07) is 9.74. The van der Waals surface area contributed by atoms with Crippen LogP contribution < -0.4 is 11.1 Å². The minimum absolute atomic E-state index is 0.0412. The third-order valence-electron chi connectivity index (χ3n) is 5.76. The maximum Gasteiger partial charge on any atom is 0.135 e. The zero-order valence-corrected chi connectivity index (χ0v) is 16.9. The summed E-state index contributed by atoms with van der Waals surface area (Å²) >= 11 is 0. The number of hydrogen-bond acceptors (Lipinski definition) is 2. The van der Waals surface area contributed by atoms with E-state index in [2.05, 4.69) is 24.2 Å². The first-order valence-corrected chi connectivity index (χ1v) is 9.94. The van der Waals surface area contributed by atoms with Gasteiger partial charge in [0.25, 0.3) is 0 Å². The van der Waals surface area contributed by atoms with E-state index in [9.17, 15) is 4.39 Å². The lowest BCUT2D eigenvalue weighted by Crippen LogP contribution is -2.35. The summed E-state index contributed by atoms with van der Waals surface area (Å²) in [4.78, 5) is 3.63. The van der Waals surface area contributed by atoms with Crippen LogP contribution in [0.15, 0.2) is 41.4 Å². The molecule has 4 N–H and O–H groups in total. The van der Waals surface area contributed by atoms with Crippen LogP contribution >= 0.6 is 0 Å². The molecule has 154 valence electrons. The largest absolute Gasteiger partial charge is 0.383 e. The molecule has 1 saturated carbocycles. The first-order chi connectivity index (χ1) is 13.8. The van der Waals surface area contributed by atoms with Gasteiger partial charge in [0.15, 0.2) is 0 Å². The van der Waals surface area contributed by atoms with Gasteiger partial charge in [0.05, 0.1) is 0 Å². The second-order valence-electron chi connectivity index (χ2n) is 8.44. The molecule has 0 aromatic heterocycles. The van der Waals surface area contributed by atoms with Crippen LogP contribution in [0.4, 0.5) is 8.78 Å². The normalized spacial score (nSPS) is 17.3. The van der Waals surface area contributed by atoms with Gasteiger partial charge in [0.2, 0.25) is 0 Å². The number of nitrogens with two attached hydrogens (primary N) is 1. The van der Waals surface area contributed by atoms with E-state index in [1.54, 1.807) is 24.3 Å². The Morgan fingerprint density at radius 3 is 2.59 bits per heavy atom. The molecular formula is C23H28F2N4. The summed E-state index contributed by atoms with van der Waals surface area (Å²) in [5.74, 6) is -0.951. The minimum atomic E-state index is -0.579. The predicted octanol–water partition coefficient (Wildman–Crippen LogP) is 5.00. The summed E-state index contributed by atoms with van der Waals surface area (Å²) in [6.45, 7) is 5.00. The third kappa shape index (κ3) is 5.07. The van der Waals surface area contributed by atoms with Crippen LogP contribution in [0.25, 0.3) is 11.1 Å². The van der Waals surface area contributed by atoms with Crippen molar-refractivity contribution < 1.29 is 8.78 Å². The van der Waals surface area contributed by atoms with E-state index in [1.165, 1.54) is 12.1 Å². The molecule has 0 aliphatic heterocycles. The lowest BCUT2D eigenvalue weighted by Gasteiger charge is -2.34. The molecule has 29 heavy (non-hydrogen) atoms. The van der Waals surface area contributed by atoms with Crippen molar-refractivity contribution in [1.29, 1.82) is 5.41 Å². The average molecular weight is 399 g/mol. The minimum Gasteiger partial charge on any atom is -0.383 e. The van der Waals surface area contributed by atoms with Gasteiger partial charge in [-0.15, -0.1) is 0 Å². The van der Waals surface area contributed by atoms with Crippen molar-refractivity contribution in [3.8, 4) is 11.1 Å². The Morgan fingerprint density at radius 1 is 1.21 bits per heavy atom. The average Bonchev–Trinajstić information content (AvgIpc) is 2.68. The van der Waals surface area contributed by atoms with Gasteiger partial charge in [0.1, 0.15) is 23.8 Å². The fourth-order valence-corrected chi connectivity index (χ4v) is 3.82. The van der Waals surface area contributed by atoms with Crippen molar-refractivity contribution in [3.05, 3.63) is 59.2 Å². The number of nitrogens with zero attached hydrogens (tertiary/aromatic N) is 1. The van der Waals surface area contributed by atoms with Gasteiger partial charge in [-0.3, -0.25) is 5.41 Å². The molecule has 0 saturated heterocycles. The van der Waals surface area contributed by atoms with Crippen LogP contribution in [0.1, 0.15) is 50.7 Å². The van der Waals surface area contributed by atoms with Gasteiger partial charge < -0.3 is 11.1 Å². The van der Waals surface area contributed by atoms with Crippen LogP contribution in [0.5, 0.6) is 0 Å². The number of halogens is 2. The SMILES string of the molecule is CC1(C)CCC(NCc2cccc(-c3ccc(C(N)=NC=N)cc3F)c2F)CC1. The van der Waals surface area contributed by atoms with Gasteiger partial charge in [-0.2, -0.15) is 0 Å². The molecule has 2 aromatic carbocycles. The summed E-state index contributed by atoms with van der Waals surface area (Å²) in [7, 11) is 0. The van der Waals surface area contributed by atoms with E-state index in [1.807, 2.05) is 0 Å². The molecule has 2 aromatic rings. The van der Waals surface area contributed by atoms with Gasteiger partial charge in [-0.05, 0) is 37.2 Å². The van der Waals surface area contributed by atoms with E-state index in [4.69, 9.17) is 11.1 Å². The standard InChI is InChI=1S/C23H28F2N4/c1-23(2)10-8-17(9-11-23)28-13-16-4-3-5-19(21(16)25)18-7-6-15(12-20(18)24)22(27)29-14-26/h3-7,12,14,17,28H,8-11,13H2,1-2H3,(H3,26,27,29). The third-order valence-corrected chi connectivity index (χ3v) is 5.76. The number of nitrogens with one attached hydrogen (secondary N) is 2. The van der Waals surface area contributed by atoms with E-state index in [-0.39, 0.29) is 17.0 Å². The van der Waals surface area contributed by atoms with Crippen LogP contribution in [-0.2, 0) is 6.54 Å². The summed E-state index contributed by atoms with van der Waals surface area (Å²) in [5.41, 5.74) is 7.36. The highest BCUT2D eigenvalue weighted by atomic mass is 19.1. The molecule has 0 bridgehead atoms. The van der Waals surface area contributed by atoms with Crippen molar-refractivity contribution in [1.82, 2.24) is 5.32 Å². The molecule has 0 radical (unpaired) electrons. The smallest absolute Gasteiger partial charge is 0.135 e. The van der Waals surface area contributed by atoms with Crippen molar-refractivity contribution >= 4 is 12.2 Å². The molecule has 6 heteroatoms. The molecule has 1 fully saturated rings. The molecule has 3 rings (SSSR count). The van der Waals surface area contributed by atoms with Crippen molar-refractivity contribution in [2.45, 2.75) is 52.1 Å². The lowest BCUT2D eigenvalue weighted by atomic mass is 9.75. The highest BCUT2D eigenvalue weighted by Crippen LogP contribution is 2.35. The summed E-state index contributed by atoms with van der Waals surface area (Å²) in [6.07, 6.45) is 5.29. The second kappa shape index (κ2) is 8.82. The fraction of sp³-hybridized carbons (Fsp3) is 0.391. The first-order valence-electron chi connectivity index (χ1n) is 9.94. The molecule has 4 nitrogen and oxygen atoms in total. The van der Waals surface area contributed by atoms with E-state index in [0.29, 0.717) is 29.1 Å². The van der Waals surface area contributed by atoms with E-state index >= 15 is 4.39 Å². The number of aliphatic imine (C=N–C) groups is 1. The Bertz CT molecular complexity index is 911. The van der Waals surface area contributed by atoms with Crippen LogP contribution in [0.3, 0.4) is 0 Å². The van der Waals surface area contributed by atoms with Crippen LogP contribution in [-0.4, -0.2) is 18.2 Å². The van der Waals surface area contributed by atoms with Gasteiger partial charge in [0, 0.05) is 34.8 Å². The maximum absolute atomic E-state index is 15.1. The topological polar surface area (TPSA) is 74.3 Å². The van der Waals surface area contributed by atoms with Gasteiger partial charge >= 0.3 is 0 Å². The predicted molar refractivity (Wildman–Crippen MR) is 114 cm³/mol. The number of amidine groups is 1. The van der Waals surface area contributed by atoms with Crippen molar-refractivity contribution in [2.75, 3.05) is 0 Å². The number of hydrogen-bond donors (Lipinski definition) is 3. The van der Waals surface area contributed by atoms with E-state index < -0.39 is 11.6 Å². The molecule has 1 aliphatic rings. The van der Waals surface area contributed by atoms with Gasteiger partial charge in [-0.1, -0.05) is 44.2 Å². The zero-order valence-electron chi connectivity index (χ0n) is 16.9. The second-order valence-corrected chi connectivity index (χ2v) is 8.44. The Kier molecular flexibility index (Phi) is 6.42. The van der Waals surface area contributed by atoms with Crippen molar-refractivity contribution in [2.24, 2.45) is 16.1 Å². The fourth-order valence-electron chi connectivity index (χ4n) is 3.82. The van der Waals surface area contributed by atoms with Gasteiger partial charge in [-0.25, -0.2) is 13.8 Å². The Morgan fingerprint density at radius 2 is 1.93 bits per heavy atom. The molecule has 0 heterocycles. The Hall–Kier alpha value is -2.60. The highest BCUT2D eigenvalue weighted by Gasteiger charge is 2.26. The summed E-state index contributed by atoms with van der Waals surface area (Å²) in [5, 5.41) is 10.4. The molecule has 0 unspecified atom stereocenters. The molecule has 0 amide bonds. The quantitative estimate of drug-likeness (QED) is 0.473.